The second kappa shape index (κ2) is 5.86. The highest BCUT2D eigenvalue weighted by Crippen LogP contribution is 2.36. The number of hydrogen-bond acceptors (Lipinski definition) is 2. The van der Waals surface area contributed by atoms with E-state index in [2.05, 4.69) is 21.2 Å². The number of hydrogen-bond donors (Lipinski definition) is 1. The zero-order chi connectivity index (χ0) is 13.9. The Morgan fingerprint density at radius 3 is 2.79 bits per heavy atom. The molecule has 0 saturated heterocycles. The van der Waals surface area contributed by atoms with Gasteiger partial charge in [-0.05, 0) is 37.1 Å². The summed E-state index contributed by atoms with van der Waals surface area (Å²) in [4.78, 5) is 0. The first kappa shape index (κ1) is 14.2. The number of benzene rings is 1. The highest BCUT2D eigenvalue weighted by atomic mass is 79.9. The van der Waals surface area contributed by atoms with Crippen LogP contribution >= 0.6 is 15.9 Å². The summed E-state index contributed by atoms with van der Waals surface area (Å²) in [5.41, 5.74) is -0.595. The maximum atomic E-state index is 12.9. The molecule has 1 N–H and O–H groups in total. The van der Waals surface area contributed by atoms with Gasteiger partial charge in [0.05, 0.1) is 18.4 Å². The zero-order valence-corrected chi connectivity index (χ0v) is 11.6. The molecule has 1 aromatic carbocycles. The molecule has 0 spiro atoms. The number of rotatable bonds is 3. The van der Waals surface area contributed by atoms with Crippen molar-refractivity contribution in [3.05, 3.63) is 40.6 Å². The van der Waals surface area contributed by atoms with E-state index < -0.39 is 11.7 Å². The van der Waals surface area contributed by atoms with Crippen molar-refractivity contribution < 1.29 is 17.9 Å². The number of halogens is 4. The minimum absolute atomic E-state index is 0.0776. The molecule has 1 aromatic rings. The molecule has 1 heterocycles. The Hall–Kier alpha value is -1.17. The van der Waals surface area contributed by atoms with Crippen molar-refractivity contribution in [1.82, 2.24) is 0 Å². The molecular formula is C13H13BrF3NO. The largest absolute Gasteiger partial charge is 0.497 e. The highest BCUT2D eigenvalue weighted by molar-refractivity contribution is 9.10. The lowest BCUT2D eigenvalue weighted by molar-refractivity contribution is -0.137. The molecule has 0 amide bonds. The standard InChI is InChI=1S/C13H13BrF3NO/c14-9-4-5-12(11(7-9)13(15,16)17)18-8-10-3-1-2-6-19-10/h2,4-7,10,18H,1,3,8H2. The van der Waals surface area contributed by atoms with Gasteiger partial charge in [0, 0.05) is 10.2 Å². The van der Waals surface area contributed by atoms with E-state index in [4.69, 9.17) is 4.74 Å². The van der Waals surface area contributed by atoms with Crippen molar-refractivity contribution >= 4 is 21.6 Å². The average molecular weight is 336 g/mol. The van der Waals surface area contributed by atoms with Crippen LogP contribution in [0.25, 0.3) is 0 Å². The van der Waals surface area contributed by atoms with Crippen LogP contribution in [0.3, 0.4) is 0 Å². The van der Waals surface area contributed by atoms with E-state index in [9.17, 15) is 13.2 Å². The van der Waals surface area contributed by atoms with Crippen LogP contribution < -0.4 is 5.32 Å². The summed E-state index contributed by atoms with van der Waals surface area (Å²) in [5, 5.41) is 2.82. The lowest BCUT2D eigenvalue weighted by Gasteiger charge is -2.22. The lowest BCUT2D eigenvalue weighted by atomic mass is 10.1. The molecule has 0 saturated carbocycles. The van der Waals surface area contributed by atoms with Gasteiger partial charge in [-0.3, -0.25) is 0 Å². The predicted octanol–water partition coefficient (Wildman–Crippen LogP) is 4.57. The fourth-order valence-electron chi connectivity index (χ4n) is 1.86. The Morgan fingerprint density at radius 2 is 2.16 bits per heavy atom. The SMILES string of the molecule is FC(F)(F)c1cc(Br)ccc1NCC1CCC=CO1. The van der Waals surface area contributed by atoms with Gasteiger partial charge in [-0.2, -0.15) is 13.2 Å². The van der Waals surface area contributed by atoms with Gasteiger partial charge in [0.15, 0.2) is 0 Å². The molecule has 1 unspecified atom stereocenters. The monoisotopic (exact) mass is 335 g/mol. The fraction of sp³-hybridized carbons (Fsp3) is 0.385. The van der Waals surface area contributed by atoms with Crippen LogP contribution in [0.1, 0.15) is 18.4 Å². The van der Waals surface area contributed by atoms with E-state index in [1.165, 1.54) is 6.07 Å². The van der Waals surface area contributed by atoms with Crippen LogP contribution in [-0.2, 0) is 10.9 Å². The second-order valence-corrected chi connectivity index (χ2v) is 5.19. The summed E-state index contributed by atoms with van der Waals surface area (Å²) in [7, 11) is 0. The normalized spacial score (nSPS) is 19.1. The Bertz CT molecular complexity index is 473. The molecule has 0 radical (unpaired) electrons. The van der Waals surface area contributed by atoms with E-state index in [-0.39, 0.29) is 11.8 Å². The van der Waals surface area contributed by atoms with Crippen molar-refractivity contribution in [2.45, 2.75) is 25.1 Å². The van der Waals surface area contributed by atoms with E-state index in [1.54, 1.807) is 12.3 Å². The Balaban J connectivity index is 2.09. The highest BCUT2D eigenvalue weighted by Gasteiger charge is 2.33. The topological polar surface area (TPSA) is 21.3 Å². The molecule has 2 nitrogen and oxygen atoms in total. The molecule has 1 atom stereocenters. The van der Waals surface area contributed by atoms with Crippen LogP contribution in [0.5, 0.6) is 0 Å². The third-order valence-electron chi connectivity index (χ3n) is 2.83. The van der Waals surface area contributed by atoms with Gasteiger partial charge in [-0.25, -0.2) is 0 Å². The predicted molar refractivity (Wildman–Crippen MR) is 70.9 cm³/mol. The first-order valence-electron chi connectivity index (χ1n) is 5.88. The van der Waals surface area contributed by atoms with Crippen molar-refractivity contribution in [2.24, 2.45) is 0 Å². The van der Waals surface area contributed by atoms with Crippen molar-refractivity contribution in [3.8, 4) is 0 Å². The summed E-state index contributed by atoms with van der Waals surface area (Å²) in [6.45, 7) is 0.356. The summed E-state index contributed by atoms with van der Waals surface area (Å²) < 4.78 is 44.4. The molecule has 0 aromatic heterocycles. The van der Waals surface area contributed by atoms with Gasteiger partial charge < -0.3 is 10.1 Å². The minimum Gasteiger partial charge on any atom is -0.497 e. The number of alkyl halides is 3. The number of allylic oxidation sites excluding steroid dienone is 1. The van der Waals surface area contributed by atoms with E-state index in [0.717, 1.165) is 18.9 Å². The molecule has 6 heteroatoms. The van der Waals surface area contributed by atoms with Crippen molar-refractivity contribution in [3.63, 3.8) is 0 Å². The molecular weight excluding hydrogens is 323 g/mol. The molecule has 0 bridgehead atoms. The average Bonchev–Trinajstić information content (AvgIpc) is 2.37. The van der Waals surface area contributed by atoms with Gasteiger partial charge in [0.25, 0.3) is 0 Å². The fourth-order valence-corrected chi connectivity index (χ4v) is 2.23. The van der Waals surface area contributed by atoms with Crippen LogP contribution in [0.2, 0.25) is 0 Å². The van der Waals surface area contributed by atoms with Gasteiger partial charge in [0.2, 0.25) is 0 Å². The summed E-state index contributed by atoms with van der Waals surface area (Å²) in [5.74, 6) is 0. The first-order valence-corrected chi connectivity index (χ1v) is 6.67. The zero-order valence-electron chi connectivity index (χ0n) is 10.0. The van der Waals surface area contributed by atoms with Crippen LogP contribution in [0.15, 0.2) is 35.0 Å². The van der Waals surface area contributed by atoms with Gasteiger partial charge in [-0.1, -0.05) is 15.9 Å². The molecule has 0 fully saturated rings. The van der Waals surface area contributed by atoms with E-state index in [0.29, 0.717) is 11.0 Å². The summed E-state index contributed by atoms with van der Waals surface area (Å²) >= 11 is 3.05. The third-order valence-corrected chi connectivity index (χ3v) is 3.32. The maximum Gasteiger partial charge on any atom is 0.418 e. The first-order chi connectivity index (χ1) is 8.97. The number of ether oxygens (including phenoxy) is 1. The van der Waals surface area contributed by atoms with E-state index in [1.807, 2.05) is 6.08 Å². The van der Waals surface area contributed by atoms with Crippen LogP contribution in [-0.4, -0.2) is 12.6 Å². The number of anilines is 1. The smallest absolute Gasteiger partial charge is 0.418 e. The maximum absolute atomic E-state index is 12.9. The van der Waals surface area contributed by atoms with Gasteiger partial charge in [-0.15, -0.1) is 0 Å². The molecule has 19 heavy (non-hydrogen) atoms. The summed E-state index contributed by atoms with van der Waals surface area (Å²) in [6, 6.07) is 4.08. The van der Waals surface area contributed by atoms with Crippen LogP contribution in [0, 0.1) is 0 Å². The van der Waals surface area contributed by atoms with Crippen molar-refractivity contribution in [2.75, 3.05) is 11.9 Å². The Kier molecular flexibility index (Phi) is 4.39. The Labute approximate surface area is 117 Å². The van der Waals surface area contributed by atoms with Crippen molar-refractivity contribution in [1.29, 1.82) is 0 Å². The minimum atomic E-state index is -4.38. The lowest BCUT2D eigenvalue weighted by Crippen LogP contribution is -2.24. The van der Waals surface area contributed by atoms with Gasteiger partial charge >= 0.3 is 6.18 Å². The third kappa shape index (κ3) is 3.89. The Morgan fingerprint density at radius 1 is 1.37 bits per heavy atom. The molecule has 0 aliphatic carbocycles. The summed E-state index contributed by atoms with van der Waals surface area (Å²) in [6.07, 6.45) is 0.730. The molecule has 2 rings (SSSR count). The second-order valence-electron chi connectivity index (χ2n) is 4.28. The van der Waals surface area contributed by atoms with E-state index >= 15 is 0 Å². The van der Waals surface area contributed by atoms with Gasteiger partial charge in [0.1, 0.15) is 6.10 Å². The van der Waals surface area contributed by atoms with Crippen LogP contribution in [0.4, 0.5) is 18.9 Å². The number of nitrogens with one attached hydrogen (secondary N) is 1. The molecule has 1 aliphatic rings. The molecule has 104 valence electrons. The quantitative estimate of drug-likeness (QED) is 0.873. The molecule has 1 aliphatic heterocycles.